The largest absolute Gasteiger partial charge is 0.458 e. The second-order valence-corrected chi connectivity index (χ2v) is 14.2. The third-order valence-electron chi connectivity index (χ3n) is 10.7. The molecule has 0 spiro atoms. The van der Waals surface area contributed by atoms with Crippen molar-refractivity contribution >= 4 is 23.6 Å². The number of esters is 1. The average Bonchev–Trinajstić information content (AvgIpc) is 3.69. The number of amides is 1. The molecular formula is C38H54N4O8. The Labute approximate surface area is 295 Å². The van der Waals surface area contributed by atoms with Crippen LogP contribution in [0.4, 0.5) is 4.79 Å². The molecule has 12 nitrogen and oxygen atoms in total. The van der Waals surface area contributed by atoms with Gasteiger partial charge >= 0.3 is 12.1 Å². The normalized spacial score (nSPS) is 32.6. The Kier molecular flexibility index (Phi) is 12.8. The van der Waals surface area contributed by atoms with Crippen molar-refractivity contribution in [2.75, 3.05) is 20.3 Å². The number of pyridine rings is 1. The highest BCUT2D eigenvalue weighted by atomic mass is 16.6. The van der Waals surface area contributed by atoms with Gasteiger partial charge in [-0.05, 0) is 58.6 Å². The molecule has 274 valence electrons. The van der Waals surface area contributed by atoms with Gasteiger partial charge in [-0.1, -0.05) is 33.8 Å². The van der Waals surface area contributed by atoms with Gasteiger partial charge in [-0.3, -0.25) is 19.4 Å². The number of ketones is 2. The van der Waals surface area contributed by atoms with Crippen LogP contribution in [0.25, 0.3) is 11.3 Å². The minimum Gasteiger partial charge on any atom is -0.458 e. The van der Waals surface area contributed by atoms with Crippen LogP contribution in [0, 0.1) is 23.7 Å². The summed E-state index contributed by atoms with van der Waals surface area (Å²) in [7, 11) is 1.53. The number of fused-ring (bicyclic) bond motifs is 1. The monoisotopic (exact) mass is 694 g/mol. The van der Waals surface area contributed by atoms with Crippen LogP contribution in [-0.2, 0) is 39.9 Å². The lowest BCUT2D eigenvalue weighted by Gasteiger charge is -2.43. The van der Waals surface area contributed by atoms with Gasteiger partial charge in [0.2, 0.25) is 0 Å². The molecule has 2 aromatic heterocycles. The van der Waals surface area contributed by atoms with Crippen molar-refractivity contribution in [2.24, 2.45) is 23.7 Å². The van der Waals surface area contributed by atoms with E-state index in [0.717, 1.165) is 17.7 Å². The number of hydrogen-bond donors (Lipinski definition) is 0. The van der Waals surface area contributed by atoms with Crippen molar-refractivity contribution < 1.29 is 38.1 Å². The zero-order valence-electron chi connectivity index (χ0n) is 30.8. The van der Waals surface area contributed by atoms with Gasteiger partial charge in [-0.25, -0.2) is 9.78 Å². The van der Waals surface area contributed by atoms with Crippen LogP contribution in [0.5, 0.6) is 0 Å². The molecule has 2 aliphatic rings. The smallest absolute Gasteiger partial charge is 0.410 e. The topological polar surface area (TPSA) is 139 Å². The van der Waals surface area contributed by atoms with Crippen molar-refractivity contribution in [3.05, 3.63) is 49.7 Å². The van der Waals surface area contributed by atoms with Crippen LogP contribution in [0.1, 0.15) is 74.1 Å². The summed E-state index contributed by atoms with van der Waals surface area (Å²) in [6, 6.07) is 3.09. The Bertz CT molecular complexity index is 1510. The zero-order valence-corrected chi connectivity index (χ0v) is 30.8. The highest BCUT2D eigenvalue weighted by Gasteiger charge is 2.60. The molecule has 12 heteroatoms. The van der Waals surface area contributed by atoms with E-state index in [1.165, 1.54) is 14.0 Å². The van der Waals surface area contributed by atoms with Gasteiger partial charge in [0, 0.05) is 62.1 Å². The molecule has 0 unspecified atom stereocenters. The molecule has 50 heavy (non-hydrogen) atoms. The Morgan fingerprint density at radius 1 is 1.06 bits per heavy atom. The van der Waals surface area contributed by atoms with Crippen LogP contribution in [0.15, 0.2) is 49.7 Å². The number of aromatic nitrogens is 3. The molecule has 0 saturated carbocycles. The van der Waals surface area contributed by atoms with Gasteiger partial charge in [0.1, 0.15) is 17.8 Å². The molecule has 9 atom stereocenters. The third-order valence-corrected chi connectivity index (χ3v) is 10.7. The first-order chi connectivity index (χ1) is 23.7. The van der Waals surface area contributed by atoms with Crippen LogP contribution in [0.3, 0.4) is 0 Å². The lowest BCUT2D eigenvalue weighted by atomic mass is 9.73. The standard InChI is InChI=1S/C38H54N4O8/c1-10-19-48-34-26(5)32(44)27(6)35(45)49-30(11-2)38(8)33(25(4)31(43)24(3)20-37(34,7)47-9)42(36(46)50-38)18-13-12-17-41-22-29(40-23-41)28-15-14-16-39-21-28/h10,14-16,21-27,30,33-34H,1,11-13,17-20H2,2-9H3/t24-,25+,26+,27-,30-,33-,34-,37+,38-/m1/s1. The van der Waals surface area contributed by atoms with E-state index in [2.05, 4.69) is 16.5 Å². The van der Waals surface area contributed by atoms with Crippen molar-refractivity contribution in [1.29, 1.82) is 0 Å². The van der Waals surface area contributed by atoms with E-state index >= 15 is 0 Å². The molecule has 2 aromatic rings. The Morgan fingerprint density at radius 3 is 2.42 bits per heavy atom. The number of rotatable bonds is 11. The quantitative estimate of drug-likeness (QED) is 0.125. The first kappa shape index (κ1) is 38.9. The van der Waals surface area contributed by atoms with E-state index in [1.807, 2.05) is 50.6 Å². The molecule has 4 rings (SSSR count). The number of carbonyl (C=O) groups is 4. The molecular weight excluding hydrogens is 640 g/mol. The molecule has 2 fully saturated rings. The highest BCUT2D eigenvalue weighted by molar-refractivity contribution is 6.00. The van der Waals surface area contributed by atoms with Crippen molar-refractivity contribution in [1.82, 2.24) is 19.4 Å². The van der Waals surface area contributed by atoms with Gasteiger partial charge in [0.15, 0.2) is 11.4 Å². The van der Waals surface area contributed by atoms with Crippen molar-refractivity contribution in [2.45, 2.75) is 110 Å². The predicted octanol–water partition coefficient (Wildman–Crippen LogP) is 5.69. The molecule has 0 aliphatic carbocycles. The lowest BCUT2D eigenvalue weighted by molar-refractivity contribution is -0.176. The van der Waals surface area contributed by atoms with Crippen LogP contribution in [-0.4, -0.2) is 92.8 Å². The fraction of sp³-hybridized carbons (Fsp3) is 0.632. The van der Waals surface area contributed by atoms with Gasteiger partial charge < -0.3 is 28.4 Å². The van der Waals surface area contributed by atoms with Crippen LogP contribution >= 0.6 is 0 Å². The minimum atomic E-state index is -1.35. The fourth-order valence-electron chi connectivity index (χ4n) is 7.86. The van der Waals surface area contributed by atoms with Gasteiger partial charge in [0.05, 0.1) is 36.4 Å². The number of Topliss-reactive ketones (excluding diaryl/α,β-unsaturated/α-hetero) is 2. The second-order valence-electron chi connectivity index (χ2n) is 14.2. The maximum Gasteiger partial charge on any atom is 0.410 e. The summed E-state index contributed by atoms with van der Waals surface area (Å²) in [6.07, 6.45) is 8.47. The molecule has 0 radical (unpaired) electrons. The number of nitrogens with zero attached hydrogens (tertiary/aromatic N) is 4. The van der Waals surface area contributed by atoms with E-state index < -0.39 is 65.2 Å². The van der Waals surface area contributed by atoms with E-state index in [4.69, 9.17) is 18.9 Å². The number of imidazole rings is 1. The number of methoxy groups -OCH3 is 1. The Balaban J connectivity index is 1.62. The first-order valence-electron chi connectivity index (χ1n) is 17.7. The molecule has 4 heterocycles. The number of aryl methyl sites for hydroxylation is 1. The summed E-state index contributed by atoms with van der Waals surface area (Å²) in [6.45, 7) is 17.2. The number of hydrogen-bond acceptors (Lipinski definition) is 10. The van der Waals surface area contributed by atoms with Crippen LogP contribution in [0.2, 0.25) is 0 Å². The summed E-state index contributed by atoms with van der Waals surface area (Å²) in [5.41, 5.74) is -0.663. The third kappa shape index (κ3) is 8.01. The SMILES string of the molecule is C=CCO[C@@H]1[C@@H](C)C(=O)[C@@H](C)C(=O)O[C@H](CC)[C@@]2(C)OC(=O)N(CCCCn3cnc(-c4cccnc4)c3)[C@@H]2[C@@H](C)C(=O)[C@H](C)C[C@]1(C)OC. The molecule has 0 bridgehead atoms. The van der Waals surface area contributed by atoms with Gasteiger partial charge in [-0.15, -0.1) is 6.58 Å². The lowest BCUT2D eigenvalue weighted by Crippen LogP contribution is -2.58. The van der Waals surface area contributed by atoms with E-state index in [9.17, 15) is 19.2 Å². The van der Waals surface area contributed by atoms with Crippen molar-refractivity contribution in [3.63, 3.8) is 0 Å². The number of carbonyl (C=O) groups excluding carboxylic acids is 4. The summed E-state index contributed by atoms with van der Waals surface area (Å²) >= 11 is 0. The van der Waals surface area contributed by atoms with Crippen molar-refractivity contribution in [3.8, 4) is 11.3 Å². The molecule has 1 amide bonds. The number of unbranched alkanes of at least 4 members (excludes halogenated alkanes) is 1. The Morgan fingerprint density at radius 2 is 1.78 bits per heavy atom. The second kappa shape index (κ2) is 16.4. The number of ether oxygens (including phenoxy) is 4. The molecule has 2 saturated heterocycles. The molecule has 0 aromatic carbocycles. The molecule has 2 aliphatic heterocycles. The first-order valence-corrected chi connectivity index (χ1v) is 17.7. The minimum absolute atomic E-state index is 0.0952. The molecule has 0 N–H and O–H groups in total. The maximum atomic E-state index is 14.4. The van der Waals surface area contributed by atoms with E-state index in [1.54, 1.807) is 43.5 Å². The van der Waals surface area contributed by atoms with Gasteiger partial charge in [0.25, 0.3) is 0 Å². The van der Waals surface area contributed by atoms with Gasteiger partial charge in [-0.2, -0.15) is 0 Å². The van der Waals surface area contributed by atoms with Crippen LogP contribution < -0.4 is 0 Å². The summed E-state index contributed by atoms with van der Waals surface area (Å²) < 4.78 is 26.3. The summed E-state index contributed by atoms with van der Waals surface area (Å²) in [4.78, 5) is 65.8. The van der Waals surface area contributed by atoms with E-state index in [-0.39, 0.29) is 24.6 Å². The van der Waals surface area contributed by atoms with E-state index in [0.29, 0.717) is 25.9 Å². The summed E-state index contributed by atoms with van der Waals surface area (Å²) in [5.74, 6) is -4.29. The fourth-order valence-corrected chi connectivity index (χ4v) is 7.86. The number of cyclic esters (lactones) is 1. The average molecular weight is 695 g/mol. The Hall–Kier alpha value is -3.90. The predicted molar refractivity (Wildman–Crippen MR) is 187 cm³/mol. The zero-order chi connectivity index (χ0) is 36.8. The maximum absolute atomic E-state index is 14.4. The summed E-state index contributed by atoms with van der Waals surface area (Å²) in [5, 5.41) is 0. The highest BCUT2D eigenvalue weighted by Crippen LogP contribution is 2.42.